The first-order valence-electron chi connectivity index (χ1n) is 4.04. The number of alkyl halides is 1. The van der Waals surface area contributed by atoms with Crippen LogP contribution in [0.25, 0.3) is 0 Å². The number of nitrogen functional groups attached to an aromatic ring is 1. The number of carbonyl (C=O) groups is 1. The minimum atomic E-state index is -1.12. The van der Waals surface area contributed by atoms with E-state index in [2.05, 4.69) is 4.74 Å². The molecule has 0 aliphatic carbocycles. The molecule has 0 aromatic heterocycles. The first-order valence-corrected chi connectivity index (χ1v) is 4.04. The van der Waals surface area contributed by atoms with E-state index in [9.17, 15) is 18.0 Å². The highest BCUT2D eigenvalue weighted by atomic mass is 19.1. The average molecular weight is 219 g/mol. The van der Waals surface area contributed by atoms with Crippen molar-refractivity contribution in [2.75, 3.05) is 19.0 Å². The summed E-state index contributed by atoms with van der Waals surface area (Å²) >= 11 is 0. The monoisotopic (exact) mass is 219 g/mol. The lowest BCUT2D eigenvalue weighted by Gasteiger charge is -2.04. The van der Waals surface area contributed by atoms with Gasteiger partial charge in [-0.15, -0.1) is 0 Å². The largest absolute Gasteiger partial charge is 0.459 e. The maximum atomic E-state index is 13.1. The van der Waals surface area contributed by atoms with Gasteiger partial charge in [-0.25, -0.2) is 18.0 Å². The highest BCUT2D eigenvalue weighted by molar-refractivity contribution is 5.90. The molecule has 0 saturated carbocycles. The van der Waals surface area contributed by atoms with Gasteiger partial charge in [0.15, 0.2) is 0 Å². The van der Waals surface area contributed by atoms with Gasteiger partial charge in [0, 0.05) is 6.07 Å². The van der Waals surface area contributed by atoms with Crippen molar-refractivity contribution in [1.82, 2.24) is 0 Å². The summed E-state index contributed by atoms with van der Waals surface area (Å²) in [5.74, 6) is -3.05. The van der Waals surface area contributed by atoms with Crippen LogP contribution in [0.2, 0.25) is 0 Å². The molecule has 0 spiro atoms. The second-order valence-electron chi connectivity index (χ2n) is 2.68. The Kier molecular flexibility index (Phi) is 3.54. The van der Waals surface area contributed by atoms with E-state index in [-0.39, 0.29) is 0 Å². The molecule has 0 atom stereocenters. The Balaban J connectivity index is 2.94. The molecular weight excluding hydrogens is 211 g/mol. The quantitative estimate of drug-likeness (QED) is 0.621. The summed E-state index contributed by atoms with van der Waals surface area (Å²) in [6, 6.07) is 1.28. The number of halogens is 3. The third-order valence-electron chi connectivity index (χ3n) is 1.62. The van der Waals surface area contributed by atoms with Gasteiger partial charge in [0.25, 0.3) is 0 Å². The van der Waals surface area contributed by atoms with Gasteiger partial charge in [-0.3, -0.25) is 0 Å². The maximum Gasteiger partial charge on any atom is 0.341 e. The van der Waals surface area contributed by atoms with Gasteiger partial charge in [0.1, 0.15) is 24.9 Å². The van der Waals surface area contributed by atoms with E-state index >= 15 is 0 Å². The molecule has 2 N–H and O–H groups in total. The van der Waals surface area contributed by atoms with Crippen molar-refractivity contribution in [3.63, 3.8) is 0 Å². The van der Waals surface area contributed by atoms with E-state index in [1.807, 2.05) is 0 Å². The fraction of sp³-hybridized carbons (Fsp3) is 0.222. The van der Waals surface area contributed by atoms with Crippen molar-refractivity contribution in [3.05, 3.63) is 29.3 Å². The third kappa shape index (κ3) is 2.61. The van der Waals surface area contributed by atoms with Gasteiger partial charge in [-0.1, -0.05) is 0 Å². The number of ether oxygens (including phenoxy) is 1. The van der Waals surface area contributed by atoms with Gasteiger partial charge in [-0.2, -0.15) is 0 Å². The molecule has 6 heteroatoms. The number of esters is 1. The van der Waals surface area contributed by atoms with Gasteiger partial charge in [0.2, 0.25) is 0 Å². The van der Waals surface area contributed by atoms with E-state index in [1.165, 1.54) is 0 Å². The molecule has 0 unspecified atom stereocenters. The molecule has 0 saturated heterocycles. The Labute approximate surface area is 83.6 Å². The van der Waals surface area contributed by atoms with Crippen LogP contribution in [0.1, 0.15) is 10.4 Å². The average Bonchev–Trinajstić information content (AvgIpc) is 2.20. The number of rotatable bonds is 3. The molecule has 0 radical (unpaired) electrons. The van der Waals surface area contributed by atoms with Crippen molar-refractivity contribution >= 4 is 11.7 Å². The molecule has 3 nitrogen and oxygen atoms in total. The van der Waals surface area contributed by atoms with Crippen LogP contribution in [0.4, 0.5) is 18.9 Å². The van der Waals surface area contributed by atoms with Crippen molar-refractivity contribution < 1.29 is 22.7 Å². The zero-order valence-electron chi connectivity index (χ0n) is 7.60. The van der Waals surface area contributed by atoms with Crippen LogP contribution in [0.5, 0.6) is 0 Å². The van der Waals surface area contributed by atoms with Crippen LogP contribution in [-0.4, -0.2) is 19.3 Å². The van der Waals surface area contributed by atoms with Crippen LogP contribution in [0.15, 0.2) is 12.1 Å². The van der Waals surface area contributed by atoms with Crippen LogP contribution in [0.3, 0.4) is 0 Å². The summed E-state index contributed by atoms with van der Waals surface area (Å²) in [4.78, 5) is 11.1. The van der Waals surface area contributed by atoms with Gasteiger partial charge in [0.05, 0.1) is 11.3 Å². The number of carbonyl (C=O) groups excluding carboxylic acids is 1. The zero-order valence-corrected chi connectivity index (χ0v) is 7.60. The fourth-order valence-corrected chi connectivity index (χ4v) is 0.928. The number of hydrogen-bond acceptors (Lipinski definition) is 3. The molecule has 1 aromatic carbocycles. The lowest BCUT2D eigenvalue weighted by molar-refractivity contribution is 0.0475. The molecule has 0 amide bonds. The third-order valence-corrected chi connectivity index (χ3v) is 1.62. The number of benzene rings is 1. The highest BCUT2D eigenvalue weighted by Gasteiger charge is 2.16. The van der Waals surface area contributed by atoms with Gasteiger partial charge < -0.3 is 10.5 Å². The molecular formula is C9H8F3NO2. The highest BCUT2D eigenvalue weighted by Crippen LogP contribution is 2.17. The molecule has 15 heavy (non-hydrogen) atoms. The predicted octanol–water partition coefficient (Wildman–Crippen LogP) is 1.67. The summed E-state index contributed by atoms with van der Waals surface area (Å²) in [6.45, 7) is -1.38. The van der Waals surface area contributed by atoms with Crippen LogP contribution >= 0.6 is 0 Å². The second kappa shape index (κ2) is 4.68. The Morgan fingerprint density at radius 2 is 2.00 bits per heavy atom. The SMILES string of the molecule is Nc1cc(F)c(C(=O)OCCF)cc1F. The zero-order chi connectivity index (χ0) is 11.4. The Morgan fingerprint density at radius 3 is 2.60 bits per heavy atom. The van der Waals surface area contributed by atoms with Gasteiger partial charge >= 0.3 is 5.97 Å². The molecule has 0 fully saturated rings. The molecule has 0 heterocycles. The van der Waals surface area contributed by atoms with Crippen LogP contribution < -0.4 is 5.73 Å². The second-order valence-corrected chi connectivity index (χ2v) is 2.68. The summed E-state index contributed by atoms with van der Waals surface area (Å²) in [5.41, 5.74) is 4.05. The Hall–Kier alpha value is -1.72. The Morgan fingerprint density at radius 1 is 1.33 bits per heavy atom. The minimum absolute atomic E-state index is 0.408. The molecule has 1 aromatic rings. The molecule has 0 bridgehead atoms. The van der Waals surface area contributed by atoms with Crippen molar-refractivity contribution in [3.8, 4) is 0 Å². The van der Waals surface area contributed by atoms with E-state index < -0.39 is 42.1 Å². The van der Waals surface area contributed by atoms with E-state index in [4.69, 9.17) is 5.73 Å². The molecule has 0 aliphatic heterocycles. The van der Waals surface area contributed by atoms with Crippen LogP contribution in [0, 0.1) is 11.6 Å². The number of nitrogens with two attached hydrogens (primary N) is 1. The maximum absolute atomic E-state index is 13.1. The summed E-state index contributed by atoms with van der Waals surface area (Å²) in [5, 5.41) is 0. The molecule has 1 rings (SSSR count). The topological polar surface area (TPSA) is 52.3 Å². The van der Waals surface area contributed by atoms with Crippen molar-refractivity contribution in [2.45, 2.75) is 0 Å². The van der Waals surface area contributed by atoms with Gasteiger partial charge in [-0.05, 0) is 6.07 Å². The first kappa shape index (κ1) is 11.4. The molecule has 82 valence electrons. The summed E-state index contributed by atoms with van der Waals surface area (Å²) in [7, 11) is 0. The molecule has 0 aliphatic rings. The number of anilines is 1. The fourth-order valence-electron chi connectivity index (χ4n) is 0.928. The van der Waals surface area contributed by atoms with Crippen molar-refractivity contribution in [1.29, 1.82) is 0 Å². The number of hydrogen-bond donors (Lipinski definition) is 1. The smallest absolute Gasteiger partial charge is 0.341 e. The summed E-state index contributed by atoms with van der Waals surface area (Å²) in [6.07, 6.45) is 0. The lowest BCUT2D eigenvalue weighted by Crippen LogP contribution is -2.10. The van der Waals surface area contributed by atoms with Crippen LogP contribution in [-0.2, 0) is 4.74 Å². The summed E-state index contributed by atoms with van der Waals surface area (Å²) < 4.78 is 41.9. The van der Waals surface area contributed by atoms with E-state index in [1.54, 1.807) is 0 Å². The predicted molar refractivity (Wildman–Crippen MR) is 47.0 cm³/mol. The standard InChI is InChI=1S/C9H8F3NO2/c10-1-2-15-9(14)5-3-7(12)8(13)4-6(5)11/h3-4H,1-2,13H2. The van der Waals surface area contributed by atoms with E-state index in [0.29, 0.717) is 12.1 Å². The van der Waals surface area contributed by atoms with E-state index in [0.717, 1.165) is 0 Å². The first-order chi connectivity index (χ1) is 7.06. The lowest BCUT2D eigenvalue weighted by atomic mass is 10.2. The normalized spacial score (nSPS) is 10.1. The Bertz CT molecular complexity index is 382. The van der Waals surface area contributed by atoms with Crippen molar-refractivity contribution in [2.24, 2.45) is 0 Å². The minimum Gasteiger partial charge on any atom is -0.459 e.